The van der Waals surface area contributed by atoms with E-state index in [1.54, 1.807) is 28.9 Å². The minimum atomic E-state index is -3.35. The number of nitrogens with zero attached hydrogens (tertiary/aromatic N) is 4. The molecule has 2 fully saturated rings. The number of aliphatic hydroxyl groups excluding tert-OH is 1. The number of benzene rings is 1. The number of ether oxygens (including phenoxy) is 1. The normalized spacial score (nSPS) is 25.9. The van der Waals surface area contributed by atoms with Crippen molar-refractivity contribution >= 4 is 31.6 Å². The van der Waals surface area contributed by atoms with Crippen molar-refractivity contribution in [3.63, 3.8) is 0 Å². The number of fused-ring (bicyclic) bond motifs is 2. The fourth-order valence-corrected chi connectivity index (χ4v) is 10.1. The van der Waals surface area contributed by atoms with Gasteiger partial charge in [0, 0.05) is 55.0 Å². The van der Waals surface area contributed by atoms with Crippen LogP contribution in [0.1, 0.15) is 71.1 Å². The van der Waals surface area contributed by atoms with Crippen molar-refractivity contribution in [1.82, 2.24) is 20.3 Å². The molecule has 3 aliphatic rings. The van der Waals surface area contributed by atoms with Crippen LogP contribution in [0.3, 0.4) is 0 Å². The number of aromatic nitrogens is 3. The summed E-state index contributed by atoms with van der Waals surface area (Å²) < 4.78 is 24.9. The molecule has 2 amide bonds. The third kappa shape index (κ3) is 7.45. The van der Waals surface area contributed by atoms with Crippen molar-refractivity contribution in [3.05, 3.63) is 59.0 Å². The van der Waals surface area contributed by atoms with Gasteiger partial charge in [-0.3, -0.25) is 14.3 Å². The van der Waals surface area contributed by atoms with E-state index in [0.29, 0.717) is 42.9 Å². The van der Waals surface area contributed by atoms with Crippen LogP contribution < -0.4 is 15.5 Å². The fraction of sp³-hybridized carbons (Fsp3) is 0.600. The van der Waals surface area contributed by atoms with Crippen LogP contribution in [0.5, 0.6) is 0 Å². The van der Waals surface area contributed by atoms with Crippen LogP contribution >= 0.6 is 0 Å². The number of anilines is 2. The lowest BCUT2D eigenvalue weighted by atomic mass is 9.82. The maximum absolute atomic E-state index is 16.3. The van der Waals surface area contributed by atoms with Gasteiger partial charge in [0.25, 0.3) is 5.91 Å². The number of hydrogen-bond donors (Lipinski definition) is 3. The molecule has 4 heterocycles. The van der Waals surface area contributed by atoms with E-state index < -0.39 is 31.6 Å². The maximum atomic E-state index is 16.3. The quantitative estimate of drug-likeness (QED) is 0.149. The summed E-state index contributed by atoms with van der Waals surface area (Å²) in [7, 11) is -3.35. The molecule has 2 aromatic rings. The monoisotopic (exact) mass is 666 g/mol. The zero-order valence-electron chi connectivity index (χ0n) is 28.7. The number of aliphatic hydroxyl groups is 1. The van der Waals surface area contributed by atoms with Gasteiger partial charge in [0.15, 0.2) is 5.60 Å². The first-order valence-electron chi connectivity index (χ1n) is 17.0. The minimum Gasteiger partial charge on any atom is -0.396 e. The zero-order chi connectivity index (χ0) is 33.9. The van der Waals surface area contributed by atoms with Crippen LogP contribution in [-0.2, 0) is 32.9 Å². The molecule has 3 aliphatic heterocycles. The topological polar surface area (TPSA) is 122 Å². The van der Waals surface area contributed by atoms with E-state index in [1.165, 1.54) is 11.1 Å². The fourth-order valence-electron chi connectivity index (χ4n) is 7.59. The van der Waals surface area contributed by atoms with Gasteiger partial charge < -0.3 is 29.5 Å². The molecule has 0 unspecified atom stereocenters. The van der Waals surface area contributed by atoms with Gasteiger partial charge in [-0.1, -0.05) is 35.4 Å². The average molecular weight is 667 g/mol. The summed E-state index contributed by atoms with van der Waals surface area (Å²) in [5.74, 6) is -0.734. The molecule has 5 rings (SSSR count). The van der Waals surface area contributed by atoms with Crippen molar-refractivity contribution in [3.8, 4) is 0 Å². The highest BCUT2D eigenvalue weighted by molar-refractivity contribution is 6.72. The van der Waals surface area contributed by atoms with E-state index in [4.69, 9.17) is 4.74 Å². The molecule has 5 atom stereocenters. The van der Waals surface area contributed by atoms with Gasteiger partial charge in [0.1, 0.15) is 0 Å². The van der Waals surface area contributed by atoms with Gasteiger partial charge >= 0.3 is 0 Å². The molecule has 2 saturated heterocycles. The third-order valence-corrected chi connectivity index (χ3v) is 12.4. The molecular formula is C35H51FN6O4Si. The molecule has 0 aliphatic carbocycles. The molecule has 10 nitrogen and oxygen atoms in total. The summed E-state index contributed by atoms with van der Waals surface area (Å²) in [6.45, 7) is 13.2. The van der Waals surface area contributed by atoms with Gasteiger partial charge in [-0.05, 0) is 90.7 Å². The molecule has 256 valence electrons. The molecule has 1 spiro atoms. The number of amides is 2. The molecule has 0 saturated carbocycles. The number of rotatable bonds is 13. The summed E-state index contributed by atoms with van der Waals surface area (Å²) in [6.07, 6.45) is 9.99. The van der Waals surface area contributed by atoms with Crippen molar-refractivity contribution in [2.75, 3.05) is 29.9 Å². The smallest absolute Gasteiger partial charge is 0.264 e. The molecule has 1 aromatic carbocycles. The Morgan fingerprint density at radius 1 is 1.28 bits per heavy atom. The first-order valence-corrected chi connectivity index (χ1v) is 20.0. The second-order valence-corrected chi connectivity index (χ2v) is 18.0. The van der Waals surface area contributed by atoms with Crippen LogP contribution in [0.15, 0.2) is 47.7 Å². The predicted octanol–water partition coefficient (Wildman–Crippen LogP) is 5.41. The highest BCUT2D eigenvalue weighted by Crippen LogP contribution is 2.60. The average Bonchev–Trinajstić information content (AvgIpc) is 3.79. The number of nitrogens with one attached hydrogen (secondary N) is 2. The van der Waals surface area contributed by atoms with Gasteiger partial charge in [-0.2, -0.15) is 0 Å². The Bertz CT molecular complexity index is 1510. The van der Waals surface area contributed by atoms with Gasteiger partial charge in [0.05, 0.1) is 23.5 Å². The molecule has 3 N–H and O–H groups in total. The van der Waals surface area contributed by atoms with Crippen LogP contribution in [0.2, 0.25) is 18.6 Å². The number of aryl methyl sites for hydroxylation is 1. The summed E-state index contributed by atoms with van der Waals surface area (Å²) in [6, 6.07) is 5.35. The Kier molecular flexibility index (Phi) is 10.8. The molecule has 0 bridgehead atoms. The minimum absolute atomic E-state index is 0.0179. The van der Waals surface area contributed by atoms with Crippen LogP contribution in [0.25, 0.3) is 0 Å². The molecule has 12 heteroatoms. The number of halogens is 1. The van der Waals surface area contributed by atoms with E-state index >= 15 is 4.11 Å². The number of hydrogen-bond acceptors (Lipinski definition) is 7. The Morgan fingerprint density at radius 2 is 2.06 bits per heavy atom. The summed E-state index contributed by atoms with van der Waals surface area (Å²) in [5.41, 5.74) is 3.31. The Labute approximate surface area is 279 Å². The van der Waals surface area contributed by atoms with E-state index in [1.807, 2.05) is 25.1 Å². The van der Waals surface area contributed by atoms with Crippen molar-refractivity contribution in [1.29, 1.82) is 0 Å². The first-order chi connectivity index (χ1) is 22.3. The van der Waals surface area contributed by atoms with Gasteiger partial charge in [0.2, 0.25) is 14.3 Å². The SMILES string of the molecule is CC(C)=CCC/C(C)=C/CN1C(=O)[C@@]2(O[C@@H](CCn3cc(CCO)nn3)[C@H]([Si](C)(C)F)[C@H]2C)c2cc(NC(=O)[C@H]3CCCN3)ccc21. The standard InChI is InChI=1S/C35H51FN6O4Si/c1-23(2)9-7-10-24(3)14-19-42-30-13-12-26(38-33(44)29-11-8-17-37-29)21-28(30)35(34(42)45)25(4)32(47(5,6)36)31(46-35)15-18-41-22-27(16-20-43)39-40-41/h9,12-14,21-22,25,29,31-32,37,43H,7-8,10-11,15-20H2,1-6H3,(H,38,44)/b24-14+/t25-,29-,31+,32-,35+/m1/s1. The van der Waals surface area contributed by atoms with Gasteiger partial charge in [-0.25, -0.2) is 0 Å². The number of allylic oxidation sites excluding steroid dienone is 3. The highest BCUT2D eigenvalue weighted by atomic mass is 28.4. The molecule has 0 radical (unpaired) electrons. The molecular weight excluding hydrogens is 616 g/mol. The number of carbonyl (C=O) groups is 2. The zero-order valence-corrected chi connectivity index (χ0v) is 29.7. The van der Waals surface area contributed by atoms with Crippen molar-refractivity contribution in [2.45, 2.75) is 109 Å². The lowest BCUT2D eigenvalue weighted by Gasteiger charge is -2.31. The lowest BCUT2D eigenvalue weighted by Crippen LogP contribution is -2.45. The van der Waals surface area contributed by atoms with Crippen molar-refractivity contribution in [2.24, 2.45) is 5.92 Å². The Hall–Kier alpha value is -3.19. The predicted molar refractivity (Wildman–Crippen MR) is 184 cm³/mol. The second-order valence-electron chi connectivity index (χ2n) is 14.2. The summed E-state index contributed by atoms with van der Waals surface area (Å²) >= 11 is 0. The van der Waals surface area contributed by atoms with E-state index in [-0.39, 0.29) is 24.5 Å². The number of carbonyl (C=O) groups excluding carboxylic acids is 2. The highest BCUT2D eigenvalue weighted by Gasteiger charge is 2.66. The van der Waals surface area contributed by atoms with Gasteiger partial charge in [-0.15, -0.1) is 5.10 Å². The van der Waals surface area contributed by atoms with E-state index in [0.717, 1.165) is 37.9 Å². The Balaban J connectivity index is 1.48. The molecule has 1 aromatic heterocycles. The van der Waals surface area contributed by atoms with Crippen LogP contribution in [0.4, 0.5) is 15.5 Å². The maximum Gasteiger partial charge on any atom is 0.264 e. The third-order valence-electron chi connectivity index (χ3n) is 9.92. The lowest BCUT2D eigenvalue weighted by molar-refractivity contribution is -0.145. The molecule has 47 heavy (non-hydrogen) atoms. The van der Waals surface area contributed by atoms with Crippen LogP contribution in [0, 0.1) is 5.92 Å². The van der Waals surface area contributed by atoms with Crippen molar-refractivity contribution < 1.29 is 23.5 Å². The summed E-state index contributed by atoms with van der Waals surface area (Å²) in [4.78, 5) is 29.6. The second kappa shape index (κ2) is 14.5. The summed E-state index contributed by atoms with van der Waals surface area (Å²) in [5, 5.41) is 23.9. The largest absolute Gasteiger partial charge is 0.396 e. The van der Waals surface area contributed by atoms with Crippen LogP contribution in [-0.4, -0.2) is 72.2 Å². The van der Waals surface area contributed by atoms with E-state index in [2.05, 4.69) is 53.9 Å². The van der Waals surface area contributed by atoms with E-state index in [9.17, 15) is 14.7 Å². The Morgan fingerprint density at radius 3 is 2.74 bits per heavy atom. The first kappa shape index (κ1) is 35.1.